The fraction of sp³-hybridized carbons (Fsp3) is 0.0435. The number of benzene rings is 3. The number of halogens is 2. The average Bonchev–Trinajstić information content (AvgIpc) is 2.75. The van der Waals surface area contributed by atoms with Crippen molar-refractivity contribution in [2.24, 2.45) is 0 Å². The van der Waals surface area contributed by atoms with Gasteiger partial charge in [-0.25, -0.2) is 4.79 Å². The fourth-order valence-electron chi connectivity index (χ4n) is 2.40. The van der Waals surface area contributed by atoms with Crippen LogP contribution in [0.25, 0.3) is 6.08 Å². The normalized spacial score (nSPS) is 10.7. The molecule has 0 saturated carbocycles. The Labute approximate surface area is 188 Å². The van der Waals surface area contributed by atoms with Crippen LogP contribution < -0.4 is 5.32 Å². The summed E-state index contributed by atoms with van der Waals surface area (Å²) in [5.74, 6) is -1.03. The second-order valence-electron chi connectivity index (χ2n) is 6.09. The van der Waals surface area contributed by atoms with E-state index < -0.39 is 11.9 Å². The first-order valence-electron chi connectivity index (χ1n) is 8.92. The minimum atomic E-state index is -0.607. The summed E-state index contributed by atoms with van der Waals surface area (Å²) in [6, 6.07) is 21.8. The second-order valence-corrected chi connectivity index (χ2v) is 8.08. The number of esters is 1. The molecule has 0 aliphatic rings. The highest BCUT2D eigenvalue weighted by Gasteiger charge is 2.10. The van der Waals surface area contributed by atoms with Crippen molar-refractivity contribution in [2.45, 2.75) is 9.79 Å². The number of hydrogen-bond acceptors (Lipinski definition) is 4. The molecule has 0 aromatic heterocycles. The summed E-state index contributed by atoms with van der Waals surface area (Å²) < 4.78 is 5.01. The topological polar surface area (TPSA) is 55.4 Å². The second kappa shape index (κ2) is 10.9. The Balaban J connectivity index is 1.54. The van der Waals surface area contributed by atoms with Crippen LogP contribution in [0.1, 0.15) is 5.56 Å². The first-order chi connectivity index (χ1) is 14.5. The number of para-hydroxylation sites is 1. The predicted octanol–water partition coefficient (Wildman–Crippen LogP) is 6.34. The number of nitrogens with one attached hydrogen (secondary N) is 1. The van der Waals surface area contributed by atoms with Gasteiger partial charge in [-0.1, -0.05) is 59.2 Å². The van der Waals surface area contributed by atoms with Crippen molar-refractivity contribution in [3.05, 3.63) is 94.5 Å². The number of amides is 1. The van der Waals surface area contributed by atoms with E-state index in [0.717, 1.165) is 15.4 Å². The number of carbonyl (C=O) groups excluding carboxylic acids is 2. The Morgan fingerprint density at radius 1 is 0.900 bits per heavy atom. The van der Waals surface area contributed by atoms with Crippen LogP contribution in [0.4, 0.5) is 5.69 Å². The maximum Gasteiger partial charge on any atom is 0.331 e. The molecule has 0 bridgehead atoms. The first-order valence-corrected chi connectivity index (χ1v) is 10.5. The molecule has 0 fully saturated rings. The van der Waals surface area contributed by atoms with Crippen LogP contribution in [0.5, 0.6) is 0 Å². The van der Waals surface area contributed by atoms with Crippen molar-refractivity contribution in [3.63, 3.8) is 0 Å². The van der Waals surface area contributed by atoms with Gasteiger partial charge >= 0.3 is 5.97 Å². The third-order valence-corrected chi connectivity index (χ3v) is 5.42. The molecule has 0 aliphatic carbocycles. The van der Waals surface area contributed by atoms with Crippen LogP contribution >= 0.6 is 35.0 Å². The van der Waals surface area contributed by atoms with Crippen LogP contribution in [-0.2, 0) is 14.3 Å². The molecule has 0 unspecified atom stereocenters. The molecule has 3 aromatic rings. The summed E-state index contributed by atoms with van der Waals surface area (Å²) in [6.07, 6.45) is 2.86. The quantitative estimate of drug-likeness (QED) is 0.332. The van der Waals surface area contributed by atoms with E-state index >= 15 is 0 Å². The van der Waals surface area contributed by atoms with Gasteiger partial charge in [0, 0.05) is 25.9 Å². The van der Waals surface area contributed by atoms with Gasteiger partial charge in [-0.2, -0.15) is 0 Å². The van der Waals surface area contributed by atoms with Crippen molar-refractivity contribution in [1.82, 2.24) is 0 Å². The summed E-state index contributed by atoms with van der Waals surface area (Å²) in [4.78, 5) is 25.9. The molecule has 3 aromatic carbocycles. The van der Waals surface area contributed by atoms with Gasteiger partial charge in [-0.15, -0.1) is 0 Å². The molecule has 4 nitrogen and oxygen atoms in total. The Kier molecular flexibility index (Phi) is 7.97. The Hall–Kier alpha value is -2.73. The number of ether oxygens (including phenoxy) is 1. The van der Waals surface area contributed by atoms with E-state index in [4.69, 9.17) is 27.9 Å². The molecular formula is C23H17Cl2NO3S. The van der Waals surface area contributed by atoms with Gasteiger partial charge in [0.15, 0.2) is 6.61 Å². The van der Waals surface area contributed by atoms with E-state index in [0.29, 0.717) is 15.7 Å². The highest BCUT2D eigenvalue weighted by Crippen LogP contribution is 2.33. The zero-order valence-electron chi connectivity index (χ0n) is 15.7. The van der Waals surface area contributed by atoms with Crippen molar-refractivity contribution in [1.29, 1.82) is 0 Å². The lowest BCUT2D eigenvalue weighted by Gasteiger charge is -2.11. The molecule has 0 atom stereocenters. The molecule has 1 N–H and O–H groups in total. The minimum Gasteiger partial charge on any atom is -0.452 e. The molecule has 0 radical (unpaired) electrons. The molecule has 0 saturated heterocycles. The highest BCUT2D eigenvalue weighted by atomic mass is 35.5. The molecule has 3 rings (SSSR count). The molecule has 152 valence electrons. The van der Waals surface area contributed by atoms with Gasteiger partial charge in [0.05, 0.1) is 5.69 Å². The van der Waals surface area contributed by atoms with E-state index in [1.807, 2.05) is 42.5 Å². The summed E-state index contributed by atoms with van der Waals surface area (Å²) >= 11 is 13.2. The molecule has 0 spiro atoms. The maximum absolute atomic E-state index is 12.2. The Bertz CT molecular complexity index is 1050. The molecule has 30 heavy (non-hydrogen) atoms. The molecule has 0 aliphatic heterocycles. The highest BCUT2D eigenvalue weighted by molar-refractivity contribution is 7.99. The maximum atomic E-state index is 12.2. The van der Waals surface area contributed by atoms with Gasteiger partial charge < -0.3 is 10.1 Å². The van der Waals surface area contributed by atoms with Gasteiger partial charge in [0.2, 0.25) is 0 Å². The SMILES string of the molecule is O=C(COC(=O)/C=C/c1ccc(Cl)cc1)Nc1ccccc1Sc1ccc(Cl)cc1. The van der Waals surface area contributed by atoms with Gasteiger partial charge in [0.1, 0.15) is 0 Å². The summed E-state index contributed by atoms with van der Waals surface area (Å²) in [5, 5.41) is 4.05. The lowest BCUT2D eigenvalue weighted by molar-refractivity contribution is -0.142. The predicted molar refractivity (Wildman–Crippen MR) is 122 cm³/mol. The van der Waals surface area contributed by atoms with Crippen molar-refractivity contribution in [2.75, 3.05) is 11.9 Å². The third kappa shape index (κ3) is 6.95. The Morgan fingerprint density at radius 3 is 2.23 bits per heavy atom. The number of rotatable bonds is 7. The lowest BCUT2D eigenvalue weighted by atomic mass is 10.2. The van der Waals surface area contributed by atoms with Crippen LogP contribution in [0.2, 0.25) is 10.0 Å². The summed E-state index contributed by atoms with van der Waals surface area (Å²) in [7, 11) is 0. The molecule has 0 heterocycles. The monoisotopic (exact) mass is 457 g/mol. The van der Waals surface area contributed by atoms with E-state index in [1.54, 1.807) is 36.4 Å². The van der Waals surface area contributed by atoms with Gasteiger partial charge in [-0.05, 0) is 60.2 Å². The average molecular weight is 458 g/mol. The summed E-state index contributed by atoms with van der Waals surface area (Å²) in [5.41, 5.74) is 1.43. The summed E-state index contributed by atoms with van der Waals surface area (Å²) in [6.45, 7) is -0.385. The molecule has 1 amide bonds. The van der Waals surface area contributed by atoms with Crippen molar-refractivity contribution in [3.8, 4) is 0 Å². The van der Waals surface area contributed by atoms with Crippen LogP contribution in [0.15, 0.2) is 88.7 Å². The van der Waals surface area contributed by atoms with E-state index in [2.05, 4.69) is 5.32 Å². The van der Waals surface area contributed by atoms with Crippen LogP contribution in [0.3, 0.4) is 0 Å². The lowest BCUT2D eigenvalue weighted by Crippen LogP contribution is -2.20. The third-order valence-electron chi connectivity index (χ3n) is 3.83. The first kappa shape index (κ1) is 22.0. The van der Waals surface area contributed by atoms with E-state index in [1.165, 1.54) is 17.8 Å². The smallest absolute Gasteiger partial charge is 0.331 e. The van der Waals surface area contributed by atoms with Crippen LogP contribution in [0, 0.1) is 0 Å². The molecule has 7 heteroatoms. The number of carbonyl (C=O) groups is 2. The standard InChI is InChI=1S/C23H17Cl2NO3S/c24-17-8-5-16(6-9-17)7-14-23(28)29-15-22(27)26-20-3-1-2-4-21(20)30-19-12-10-18(25)11-13-19/h1-14H,15H2,(H,26,27)/b14-7+. The van der Waals surface area contributed by atoms with Crippen molar-refractivity contribution < 1.29 is 14.3 Å². The molecular weight excluding hydrogens is 441 g/mol. The van der Waals surface area contributed by atoms with E-state index in [9.17, 15) is 9.59 Å². The Morgan fingerprint density at radius 2 is 1.53 bits per heavy atom. The zero-order valence-corrected chi connectivity index (χ0v) is 18.0. The van der Waals surface area contributed by atoms with Gasteiger partial charge in [0.25, 0.3) is 5.91 Å². The largest absolute Gasteiger partial charge is 0.452 e. The van der Waals surface area contributed by atoms with Crippen LogP contribution in [-0.4, -0.2) is 18.5 Å². The van der Waals surface area contributed by atoms with Crippen molar-refractivity contribution >= 4 is 58.6 Å². The zero-order chi connectivity index (χ0) is 21.3. The minimum absolute atomic E-state index is 0.385. The number of anilines is 1. The van der Waals surface area contributed by atoms with E-state index in [-0.39, 0.29) is 6.61 Å². The fourth-order valence-corrected chi connectivity index (χ4v) is 3.55. The van der Waals surface area contributed by atoms with Gasteiger partial charge in [-0.3, -0.25) is 4.79 Å². The number of hydrogen-bond donors (Lipinski definition) is 1.